The van der Waals surface area contributed by atoms with Gasteiger partial charge in [0.15, 0.2) is 5.78 Å². The SMILES string of the molecule is COc1ccccc1[C@@H]1CC(=O)NC2=C1C(=O)C[C@@H](c1ccc(F)cc1)C2. The Morgan fingerprint density at radius 1 is 1.00 bits per heavy atom. The Labute approximate surface area is 157 Å². The molecule has 0 fully saturated rings. The molecule has 2 atom stereocenters. The number of rotatable bonds is 3. The Bertz CT molecular complexity index is 933. The molecule has 5 heteroatoms. The molecular weight excluding hydrogens is 345 g/mol. The van der Waals surface area contributed by atoms with Gasteiger partial charge in [-0.25, -0.2) is 4.39 Å². The topological polar surface area (TPSA) is 55.4 Å². The first-order valence-corrected chi connectivity index (χ1v) is 9.01. The van der Waals surface area contributed by atoms with E-state index in [2.05, 4.69) is 5.32 Å². The molecule has 0 aromatic heterocycles. The number of Topliss-reactive ketones (excluding diaryl/α,β-unsaturated/α-hetero) is 1. The van der Waals surface area contributed by atoms with Crippen molar-refractivity contribution in [2.45, 2.75) is 31.1 Å². The molecule has 2 aliphatic rings. The molecule has 4 nitrogen and oxygen atoms in total. The lowest BCUT2D eigenvalue weighted by atomic mass is 9.73. The monoisotopic (exact) mass is 365 g/mol. The summed E-state index contributed by atoms with van der Waals surface area (Å²) in [5.74, 6) is -0.0562. The number of methoxy groups -OCH3 is 1. The van der Waals surface area contributed by atoms with Gasteiger partial charge in [0.2, 0.25) is 5.91 Å². The molecule has 2 aromatic carbocycles. The van der Waals surface area contributed by atoms with E-state index in [-0.39, 0.29) is 35.8 Å². The molecule has 1 aliphatic carbocycles. The lowest BCUT2D eigenvalue weighted by Crippen LogP contribution is -2.38. The molecular formula is C22H20FNO3. The average molecular weight is 365 g/mol. The summed E-state index contributed by atoms with van der Waals surface area (Å²) >= 11 is 0. The number of carbonyl (C=O) groups excluding carboxylic acids is 2. The maximum Gasteiger partial charge on any atom is 0.225 e. The van der Waals surface area contributed by atoms with Crippen LogP contribution in [0.15, 0.2) is 59.8 Å². The Kier molecular flexibility index (Phi) is 4.52. The van der Waals surface area contributed by atoms with E-state index >= 15 is 0 Å². The minimum Gasteiger partial charge on any atom is -0.496 e. The third-order valence-corrected chi connectivity index (χ3v) is 5.39. The predicted molar refractivity (Wildman–Crippen MR) is 98.9 cm³/mol. The number of allylic oxidation sites excluding steroid dienone is 2. The number of ether oxygens (including phenoxy) is 1. The molecule has 1 heterocycles. The van der Waals surface area contributed by atoms with Gasteiger partial charge in [0, 0.05) is 35.6 Å². The smallest absolute Gasteiger partial charge is 0.225 e. The Hall–Kier alpha value is -2.95. The van der Waals surface area contributed by atoms with Gasteiger partial charge in [0.1, 0.15) is 11.6 Å². The highest BCUT2D eigenvalue weighted by Crippen LogP contribution is 2.44. The van der Waals surface area contributed by atoms with Gasteiger partial charge in [0.25, 0.3) is 0 Å². The molecule has 27 heavy (non-hydrogen) atoms. The summed E-state index contributed by atoms with van der Waals surface area (Å²) in [6, 6.07) is 13.7. The molecule has 1 amide bonds. The van der Waals surface area contributed by atoms with Crippen LogP contribution in [0.5, 0.6) is 5.75 Å². The number of carbonyl (C=O) groups is 2. The highest BCUT2D eigenvalue weighted by atomic mass is 19.1. The molecule has 138 valence electrons. The van der Waals surface area contributed by atoms with Crippen LogP contribution in [0.3, 0.4) is 0 Å². The van der Waals surface area contributed by atoms with Crippen LogP contribution in [-0.4, -0.2) is 18.8 Å². The number of benzene rings is 2. The molecule has 1 N–H and O–H groups in total. The van der Waals surface area contributed by atoms with Gasteiger partial charge in [0.05, 0.1) is 7.11 Å². The standard InChI is InChI=1S/C22H20FNO3/c1-27-20-5-3-2-4-16(20)17-12-21(26)24-18-10-14(11-19(25)22(17)18)13-6-8-15(23)9-7-13/h2-9,14,17H,10-12H2,1H3,(H,24,26)/t14-,17-/m0/s1. The number of halogens is 1. The first-order valence-electron chi connectivity index (χ1n) is 9.01. The van der Waals surface area contributed by atoms with Crippen molar-refractivity contribution in [2.75, 3.05) is 7.11 Å². The number of hydrogen-bond donors (Lipinski definition) is 1. The molecule has 0 saturated heterocycles. The van der Waals surface area contributed by atoms with Gasteiger partial charge in [-0.1, -0.05) is 30.3 Å². The van der Waals surface area contributed by atoms with Crippen molar-refractivity contribution in [3.05, 3.63) is 76.7 Å². The van der Waals surface area contributed by atoms with Crippen LogP contribution in [-0.2, 0) is 9.59 Å². The van der Waals surface area contributed by atoms with E-state index in [1.165, 1.54) is 12.1 Å². The summed E-state index contributed by atoms with van der Waals surface area (Å²) in [6.07, 6.45) is 1.14. The van der Waals surface area contributed by atoms with Gasteiger partial charge >= 0.3 is 0 Å². The maximum absolute atomic E-state index is 13.2. The maximum atomic E-state index is 13.2. The van der Waals surface area contributed by atoms with E-state index in [1.807, 2.05) is 24.3 Å². The van der Waals surface area contributed by atoms with Crippen LogP contribution in [0.2, 0.25) is 0 Å². The fraction of sp³-hybridized carbons (Fsp3) is 0.273. The second-order valence-electron chi connectivity index (χ2n) is 7.02. The summed E-state index contributed by atoms with van der Waals surface area (Å²) < 4.78 is 18.7. The van der Waals surface area contributed by atoms with Crippen LogP contribution >= 0.6 is 0 Å². The quantitative estimate of drug-likeness (QED) is 0.899. The van der Waals surface area contributed by atoms with Crippen molar-refractivity contribution < 1.29 is 18.7 Å². The van der Waals surface area contributed by atoms with Gasteiger partial charge in [-0.2, -0.15) is 0 Å². The first kappa shape index (κ1) is 17.5. The lowest BCUT2D eigenvalue weighted by Gasteiger charge is -2.34. The summed E-state index contributed by atoms with van der Waals surface area (Å²) in [5.41, 5.74) is 3.13. The fourth-order valence-electron chi connectivity index (χ4n) is 4.15. The van der Waals surface area contributed by atoms with Gasteiger partial charge in [-0.15, -0.1) is 0 Å². The molecule has 0 saturated carbocycles. The Balaban J connectivity index is 1.73. The molecule has 0 spiro atoms. The minimum atomic E-state index is -0.303. The minimum absolute atomic E-state index is 0.0291. The van der Waals surface area contributed by atoms with Crippen molar-refractivity contribution in [1.29, 1.82) is 0 Å². The van der Waals surface area contributed by atoms with E-state index in [0.29, 0.717) is 29.9 Å². The van der Waals surface area contributed by atoms with Gasteiger partial charge in [-0.3, -0.25) is 9.59 Å². The normalized spacial score (nSPS) is 22.3. The van der Waals surface area contributed by atoms with Crippen molar-refractivity contribution in [3.63, 3.8) is 0 Å². The van der Waals surface area contributed by atoms with Crippen LogP contribution < -0.4 is 10.1 Å². The highest BCUT2D eigenvalue weighted by Gasteiger charge is 2.39. The second-order valence-corrected chi connectivity index (χ2v) is 7.02. The highest BCUT2D eigenvalue weighted by molar-refractivity contribution is 6.02. The summed E-state index contributed by atoms with van der Waals surface area (Å²) in [6.45, 7) is 0. The third kappa shape index (κ3) is 3.25. The molecule has 1 aliphatic heterocycles. The van der Waals surface area contributed by atoms with E-state index in [4.69, 9.17) is 4.74 Å². The second kappa shape index (κ2) is 6.99. The van der Waals surface area contributed by atoms with Crippen molar-refractivity contribution >= 4 is 11.7 Å². The largest absolute Gasteiger partial charge is 0.496 e. The van der Waals surface area contributed by atoms with Crippen LogP contribution in [0.25, 0.3) is 0 Å². The number of nitrogens with one attached hydrogen (secondary N) is 1. The Morgan fingerprint density at radius 2 is 1.74 bits per heavy atom. The van der Waals surface area contributed by atoms with Crippen LogP contribution in [0.1, 0.15) is 42.2 Å². The average Bonchev–Trinajstić information content (AvgIpc) is 2.67. The Morgan fingerprint density at radius 3 is 2.48 bits per heavy atom. The molecule has 0 radical (unpaired) electrons. The van der Waals surface area contributed by atoms with Crippen molar-refractivity contribution in [1.82, 2.24) is 5.32 Å². The number of para-hydroxylation sites is 1. The first-order chi connectivity index (χ1) is 13.1. The molecule has 2 aromatic rings. The number of amides is 1. The number of ketones is 1. The van der Waals surface area contributed by atoms with Crippen molar-refractivity contribution in [3.8, 4) is 5.75 Å². The number of hydrogen-bond acceptors (Lipinski definition) is 3. The summed E-state index contributed by atoms with van der Waals surface area (Å²) in [5, 5.41) is 2.90. The van der Waals surface area contributed by atoms with E-state index in [0.717, 1.165) is 11.1 Å². The zero-order chi connectivity index (χ0) is 19.0. The van der Waals surface area contributed by atoms with Crippen molar-refractivity contribution in [2.24, 2.45) is 0 Å². The van der Waals surface area contributed by atoms with Crippen LogP contribution in [0, 0.1) is 5.82 Å². The van der Waals surface area contributed by atoms with Crippen LogP contribution in [0.4, 0.5) is 4.39 Å². The zero-order valence-electron chi connectivity index (χ0n) is 15.0. The van der Waals surface area contributed by atoms with E-state index in [1.54, 1.807) is 19.2 Å². The zero-order valence-corrected chi connectivity index (χ0v) is 15.0. The molecule has 4 rings (SSSR count). The molecule has 0 unspecified atom stereocenters. The predicted octanol–water partition coefficient (Wildman–Crippen LogP) is 3.84. The van der Waals surface area contributed by atoms with Gasteiger partial charge < -0.3 is 10.1 Å². The van der Waals surface area contributed by atoms with Gasteiger partial charge in [-0.05, 0) is 36.1 Å². The fourth-order valence-corrected chi connectivity index (χ4v) is 4.15. The van der Waals surface area contributed by atoms with E-state index < -0.39 is 0 Å². The third-order valence-electron chi connectivity index (χ3n) is 5.39. The molecule has 0 bridgehead atoms. The lowest BCUT2D eigenvalue weighted by molar-refractivity contribution is -0.122. The van der Waals surface area contributed by atoms with E-state index in [9.17, 15) is 14.0 Å². The summed E-state index contributed by atoms with van der Waals surface area (Å²) in [7, 11) is 1.59. The summed E-state index contributed by atoms with van der Waals surface area (Å²) in [4.78, 5) is 25.4.